The highest BCUT2D eigenvalue weighted by molar-refractivity contribution is 6.64. The molecule has 0 saturated carbocycles. The minimum Gasteiger partial charge on any atom is -0.395 e. The summed E-state index contributed by atoms with van der Waals surface area (Å²) in [6.45, 7) is 8.44. The van der Waals surface area contributed by atoms with Gasteiger partial charge in [0.1, 0.15) is 0 Å². The van der Waals surface area contributed by atoms with Gasteiger partial charge in [0.05, 0.1) is 6.23 Å². The smallest absolute Gasteiger partial charge is 0.332 e. The molecule has 3 nitrogen and oxygen atoms in total. The van der Waals surface area contributed by atoms with Crippen LogP contribution in [0.2, 0.25) is 13.1 Å². The maximum atomic E-state index is 5.44. The van der Waals surface area contributed by atoms with Crippen molar-refractivity contribution in [3.05, 3.63) is 0 Å². The van der Waals surface area contributed by atoms with E-state index in [1.807, 2.05) is 26.9 Å². The highest BCUT2D eigenvalue weighted by Crippen LogP contribution is 2.06. The fraction of sp³-hybridized carbons (Fsp3) is 1.00. The lowest BCUT2D eigenvalue weighted by Crippen LogP contribution is -2.41. The Morgan fingerprint density at radius 3 is 2.30 bits per heavy atom. The number of rotatable bonds is 4. The zero-order valence-electron chi connectivity index (χ0n) is 7.18. The molecule has 0 aliphatic heterocycles. The first-order chi connectivity index (χ1) is 4.48. The van der Waals surface area contributed by atoms with Crippen LogP contribution in [-0.2, 0) is 8.85 Å². The van der Waals surface area contributed by atoms with Crippen molar-refractivity contribution in [1.29, 1.82) is 0 Å². The number of hydrogen-bond donors (Lipinski definition) is 1. The van der Waals surface area contributed by atoms with Crippen LogP contribution in [0.5, 0.6) is 0 Å². The third-order valence-corrected chi connectivity index (χ3v) is 2.88. The van der Waals surface area contributed by atoms with Crippen molar-refractivity contribution in [2.24, 2.45) is 5.73 Å². The van der Waals surface area contributed by atoms with Gasteiger partial charge in [-0.3, -0.25) is 0 Å². The van der Waals surface area contributed by atoms with E-state index in [1.165, 1.54) is 0 Å². The minimum atomic E-state index is -1.89. The summed E-state index contributed by atoms with van der Waals surface area (Å²) in [4.78, 5) is 0. The van der Waals surface area contributed by atoms with E-state index in [-0.39, 0.29) is 6.23 Å². The van der Waals surface area contributed by atoms with E-state index in [1.54, 1.807) is 0 Å². The Morgan fingerprint density at radius 1 is 1.50 bits per heavy atom. The maximum absolute atomic E-state index is 5.44. The van der Waals surface area contributed by atoms with Gasteiger partial charge in [0.2, 0.25) is 0 Å². The van der Waals surface area contributed by atoms with E-state index in [0.29, 0.717) is 6.61 Å². The Morgan fingerprint density at radius 2 is 2.00 bits per heavy atom. The Balaban J connectivity index is 3.63. The van der Waals surface area contributed by atoms with E-state index in [9.17, 15) is 0 Å². The van der Waals surface area contributed by atoms with Gasteiger partial charge in [-0.2, -0.15) is 0 Å². The van der Waals surface area contributed by atoms with E-state index in [4.69, 9.17) is 14.6 Å². The molecular formula is C6H17NO2Si. The Labute approximate surface area is 63.8 Å². The largest absolute Gasteiger partial charge is 0.395 e. The van der Waals surface area contributed by atoms with E-state index in [2.05, 4.69) is 0 Å². The summed E-state index contributed by atoms with van der Waals surface area (Å²) in [7, 11) is -1.89. The van der Waals surface area contributed by atoms with Gasteiger partial charge in [-0.05, 0) is 26.9 Å². The summed E-state index contributed by atoms with van der Waals surface area (Å²) in [5.74, 6) is 0. The molecule has 0 aliphatic rings. The Hall–Kier alpha value is 0.0969. The summed E-state index contributed by atoms with van der Waals surface area (Å²) in [6.07, 6.45) is -0.215. The van der Waals surface area contributed by atoms with Crippen LogP contribution in [0, 0.1) is 0 Å². The van der Waals surface area contributed by atoms with Crippen molar-refractivity contribution < 1.29 is 8.85 Å². The number of hydrogen-bond acceptors (Lipinski definition) is 3. The first-order valence-corrected chi connectivity index (χ1v) is 6.37. The van der Waals surface area contributed by atoms with E-state index < -0.39 is 8.56 Å². The maximum Gasteiger partial charge on any atom is 0.332 e. The standard InChI is InChI=1S/C6H17NO2Si/c1-5-8-10(3,4)9-6(2)7/h6H,5,7H2,1-4H3. The van der Waals surface area contributed by atoms with Crippen LogP contribution in [0.4, 0.5) is 0 Å². The summed E-state index contributed by atoms with van der Waals surface area (Å²) in [6, 6.07) is 0. The molecule has 62 valence electrons. The monoisotopic (exact) mass is 163 g/mol. The van der Waals surface area contributed by atoms with Gasteiger partial charge in [-0.15, -0.1) is 0 Å². The molecule has 0 aliphatic carbocycles. The molecule has 1 unspecified atom stereocenters. The fourth-order valence-electron chi connectivity index (χ4n) is 0.829. The normalized spacial score (nSPS) is 15.3. The molecule has 4 heteroatoms. The fourth-order valence-corrected chi connectivity index (χ4v) is 2.49. The molecule has 0 rings (SSSR count). The Kier molecular flexibility index (Phi) is 4.11. The van der Waals surface area contributed by atoms with Crippen LogP contribution < -0.4 is 5.73 Å². The molecule has 1 atom stereocenters. The molecule has 0 radical (unpaired) electrons. The molecule has 0 fully saturated rings. The van der Waals surface area contributed by atoms with Crippen molar-refractivity contribution in [2.75, 3.05) is 6.61 Å². The van der Waals surface area contributed by atoms with Crippen LogP contribution in [0.1, 0.15) is 13.8 Å². The van der Waals surface area contributed by atoms with Crippen LogP contribution in [0.15, 0.2) is 0 Å². The van der Waals surface area contributed by atoms with Crippen LogP contribution in [0.25, 0.3) is 0 Å². The highest BCUT2D eigenvalue weighted by Gasteiger charge is 2.24. The first kappa shape index (κ1) is 10.1. The molecule has 2 N–H and O–H groups in total. The van der Waals surface area contributed by atoms with Gasteiger partial charge in [0.25, 0.3) is 0 Å². The Bertz CT molecular complexity index is 95.7. The SMILES string of the molecule is CCO[Si](C)(C)OC(C)N. The second-order valence-corrected chi connectivity index (χ2v) is 5.98. The van der Waals surface area contributed by atoms with Gasteiger partial charge in [-0.1, -0.05) is 0 Å². The quantitative estimate of drug-likeness (QED) is 0.497. The highest BCUT2D eigenvalue weighted by atomic mass is 28.4. The average molecular weight is 163 g/mol. The average Bonchev–Trinajstić information content (AvgIpc) is 1.59. The molecule has 0 saturated heterocycles. The lowest BCUT2D eigenvalue weighted by atomic mass is 10.7. The minimum absolute atomic E-state index is 0.215. The summed E-state index contributed by atoms with van der Waals surface area (Å²) < 4.78 is 10.7. The van der Waals surface area contributed by atoms with Crippen LogP contribution in [0.3, 0.4) is 0 Å². The second kappa shape index (κ2) is 4.08. The molecule has 0 spiro atoms. The third kappa shape index (κ3) is 4.93. The van der Waals surface area contributed by atoms with E-state index in [0.717, 1.165) is 0 Å². The van der Waals surface area contributed by atoms with Crippen molar-refractivity contribution in [2.45, 2.75) is 33.2 Å². The lowest BCUT2D eigenvalue weighted by molar-refractivity contribution is 0.140. The van der Waals surface area contributed by atoms with Gasteiger partial charge in [-0.25, -0.2) is 0 Å². The predicted molar refractivity (Wildman–Crippen MR) is 43.8 cm³/mol. The molecule has 0 aromatic rings. The zero-order valence-corrected chi connectivity index (χ0v) is 8.18. The van der Waals surface area contributed by atoms with Crippen molar-refractivity contribution in [1.82, 2.24) is 0 Å². The number of nitrogens with two attached hydrogens (primary N) is 1. The van der Waals surface area contributed by atoms with E-state index >= 15 is 0 Å². The first-order valence-electron chi connectivity index (χ1n) is 3.55. The van der Waals surface area contributed by atoms with Crippen molar-refractivity contribution >= 4 is 8.56 Å². The molecule has 0 heterocycles. The molecular weight excluding hydrogens is 146 g/mol. The lowest BCUT2D eigenvalue weighted by Gasteiger charge is -2.23. The van der Waals surface area contributed by atoms with Gasteiger partial charge >= 0.3 is 8.56 Å². The van der Waals surface area contributed by atoms with Crippen LogP contribution in [-0.4, -0.2) is 21.4 Å². The second-order valence-electron chi connectivity index (χ2n) is 2.66. The van der Waals surface area contributed by atoms with Gasteiger partial charge < -0.3 is 14.6 Å². The topological polar surface area (TPSA) is 44.5 Å². The molecule has 10 heavy (non-hydrogen) atoms. The van der Waals surface area contributed by atoms with Crippen molar-refractivity contribution in [3.63, 3.8) is 0 Å². The molecule has 0 amide bonds. The molecule has 0 aromatic carbocycles. The van der Waals surface area contributed by atoms with Gasteiger partial charge in [0, 0.05) is 6.61 Å². The zero-order chi connectivity index (χ0) is 8.20. The van der Waals surface area contributed by atoms with Crippen LogP contribution >= 0.6 is 0 Å². The molecule has 0 aromatic heterocycles. The van der Waals surface area contributed by atoms with Crippen molar-refractivity contribution in [3.8, 4) is 0 Å². The third-order valence-electron chi connectivity index (χ3n) is 0.962. The van der Waals surface area contributed by atoms with Gasteiger partial charge in [0.15, 0.2) is 0 Å². The molecule has 0 bridgehead atoms. The summed E-state index contributed by atoms with van der Waals surface area (Å²) in [5.41, 5.74) is 5.44. The predicted octanol–water partition coefficient (Wildman–Crippen LogP) is 1.05. The summed E-state index contributed by atoms with van der Waals surface area (Å²) in [5, 5.41) is 0. The summed E-state index contributed by atoms with van der Waals surface area (Å²) >= 11 is 0.